The fraction of sp³-hybridized carbons (Fsp3) is 0.500. The van der Waals surface area contributed by atoms with Crippen LogP contribution in [0.2, 0.25) is 5.02 Å². The van der Waals surface area contributed by atoms with E-state index in [1.54, 1.807) is 0 Å². The molecule has 0 heterocycles. The Morgan fingerprint density at radius 2 is 1.94 bits per heavy atom. The molecule has 0 spiro atoms. The Morgan fingerprint density at radius 1 is 1.35 bits per heavy atom. The van der Waals surface area contributed by atoms with Gasteiger partial charge in [0.15, 0.2) is 0 Å². The second-order valence-electron chi connectivity index (χ2n) is 5.38. The molecule has 1 aromatic rings. The molecule has 2 rings (SSSR count). The van der Waals surface area contributed by atoms with Gasteiger partial charge in [0.2, 0.25) is 5.91 Å². The van der Waals surface area contributed by atoms with Gasteiger partial charge < -0.3 is 5.32 Å². The van der Waals surface area contributed by atoms with Crippen LogP contribution < -0.4 is 5.32 Å². The lowest BCUT2D eigenvalue weighted by Gasteiger charge is -2.25. The van der Waals surface area contributed by atoms with Crippen LogP contribution in [0.5, 0.6) is 0 Å². The van der Waals surface area contributed by atoms with Gasteiger partial charge in [0.25, 0.3) is 0 Å². The zero-order chi connectivity index (χ0) is 12.5. The minimum Gasteiger partial charge on any atom is -0.355 e. The highest BCUT2D eigenvalue weighted by Crippen LogP contribution is 2.29. The van der Waals surface area contributed by atoms with Crippen LogP contribution in [0.1, 0.15) is 32.3 Å². The Morgan fingerprint density at radius 3 is 2.47 bits per heavy atom. The van der Waals surface area contributed by atoms with E-state index in [0.29, 0.717) is 6.54 Å². The highest BCUT2D eigenvalue weighted by molar-refractivity contribution is 6.30. The molecule has 0 aliphatic heterocycles. The van der Waals surface area contributed by atoms with Crippen LogP contribution in [0.15, 0.2) is 24.3 Å². The second kappa shape index (κ2) is 4.69. The zero-order valence-electron chi connectivity index (χ0n) is 10.3. The number of hydrogen-bond acceptors (Lipinski definition) is 1. The van der Waals surface area contributed by atoms with Gasteiger partial charge in [-0.3, -0.25) is 4.79 Å². The number of hydrogen-bond donors (Lipinski definition) is 1. The fourth-order valence-corrected chi connectivity index (χ4v) is 1.93. The predicted octanol–water partition coefficient (Wildman–Crippen LogP) is 3.14. The van der Waals surface area contributed by atoms with Crippen molar-refractivity contribution in [1.29, 1.82) is 0 Å². The second-order valence-corrected chi connectivity index (χ2v) is 5.82. The van der Waals surface area contributed by atoms with Crippen LogP contribution >= 0.6 is 11.6 Å². The summed E-state index contributed by atoms with van der Waals surface area (Å²) in [6, 6.07) is 7.82. The van der Waals surface area contributed by atoms with E-state index < -0.39 is 0 Å². The van der Waals surface area contributed by atoms with Gasteiger partial charge in [-0.25, -0.2) is 0 Å². The minimum atomic E-state index is -0.0604. The summed E-state index contributed by atoms with van der Waals surface area (Å²) in [6.07, 6.45) is 2.10. The summed E-state index contributed by atoms with van der Waals surface area (Å²) >= 11 is 5.87. The van der Waals surface area contributed by atoms with E-state index in [9.17, 15) is 4.79 Å². The van der Waals surface area contributed by atoms with Gasteiger partial charge in [0.1, 0.15) is 0 Å². The summed E-state index contributed by atoms with van der Waals surface area (Å²) in [5, 5.41) is 3.77. The molecule has 1 aliphatic carbocycles. The standard InChI is InChI=1S/C14H18ClNO/c1-14(2,9-16-13(17)10-3-4-10)11-5-7-12(15)8-6-11/h5-8,10H,3-4,9H2,1-2H3,(H,16,17). The lowest BCUT2D eigenvalue weighted by atomic mass is 9.84. The Kier molecular flexibility index (Phi) is 3.43. The first-order valence-corrected chi connectivity index (χ1v) is 6.40. The molecule has 3 heteroatoms. The van der Waals surface area contributed by atoms with E-state index in [-0.39, 0.29) is 17.2 Å². The molecule has 0 unspecified atom stereocenters. The zero-order valence-corrected chi connectivity index (χ0v) is 11.1. The fourth-order valence-electron chi connectivity index (χ4n) is 1.80. The summed E-state index contributed by atoms with van der Waals surface area (Å²) in [5.41, 5.74) is 1.13. The molecular weight excluding hydrogens is 234 g/mol. The van der Waals surface area contributed by atoms with Crippen LogP contribution in [0.3, 0.4) is 0 Å². The number of halogens is 1. The molecule has 1 saturated carbocycles. The maximum atomic E-state index is 11.6. The first-order valence-electron chi connectivity index (χ1n) is 6.03. The Hall–Kier alpha value is -1.02. The molecule has 1 aliphatic rings. The summed E-state index contributed by atoms with van der Waals surface area (Å²) in [4.78, 5) is 11.6. The molecule has 17 heavy (non-hydrogen) atoms. The number of benzene rings is 1. The van der Waals surface area contributed by atoms with Gasteiger partial charge in [0.05, 0.1) is 0 Å². The Balaban J connectivity index is 1.97. The van der Waals surface area contributed by atoms with Crippen molar-refractivity contribution in [2.45, 2.75) is 32.1 Å². The normalized spacial score (nSPS) is 15.7. The number of rotatable bonds is 4. The topological polar surface area (TPSA) is 29.1 Å². The smallest absolute Gasteiger partial charge is 0.223 e. The van der Waals surface area contributed by atoms with Crippen LogP contribution in [0, 0.1) is 5.92 Å². The molecule has 1 fully saturated rings. The third kappa shape index (κ3) is 3.22. The largest absolute Gasteiger partial charge is 0.355 e. The lowest BCUT2D eigenvalue weighted by Crippen LogP contribution is -2.37. The monoisotopic (exact) mass is 251 g/mol. The molecule has 0 bridgehead atoms. The summed E-state index contributed by atoms with van der Waals surface area (Å²) in [7, 11) is 0. The van der Waals surface area contributed by atoms with Crippen molar-refractivity contribution < 1.29 is 4.79 Å². The van der Waals surface area contributed by atoms with Gasteiger partial charge in [-0.15, -0.1) is 0 Å². The van der Waals surface area contributed by atoms with Crippen molar-refractivity contribution in [1.82, 2.24) is 5.32 Å². The Labute approximate surface area is 107 Å². The molecule has 0 aromatic heterocycles. The first kappa shape index (κ1) is 12.4. The van der Waals surface area contributed by atoms with E-state index in [1.165, 1.54) is 5.56 Å². The van der Waals surface area contributed by atoms with Crippen LogP contribution in [-0.2, 0) is 10.2 Å². The van der Waals surface area contributed by atoms with Crippen LogP contribution in [-0.4, -0.2) is 12.5 Å². The highest BCUT2D eigenvalue weighted by Gasteiger charge is 2.31. The van der Waals surface area contributed by atoms with E-state index in [1.807, 2.05) is 24.3 Å². The van der Waals surface area contributed by atoms with Gasteiger partial charge in [0, 0.05) is 22.9 Å². The number of carbonyl (C=O) groups is 1. The van der Waals surface area contributed by atoms with Crippen molar-refractivity contribution >= 4 is 17.5 Å². The van der Waals surface area contributed by atoms with Crippen molar-refractivity contribution in [3.05, 3.63) is 34.9 Å². The van der Waals surface area contributed by atoms with Crippen LogP contribution in [0.25, 0.3) is 0 Å². The first-order chi connectivity index (χ1) is 7.99. The molecule has 0 radical (unpaired) electrons. The average Bonchev–Trinajstić information content (AvgIpc) is 3.10. The molecule has 1 amide bonds. The van der Waals surface area contributed by atoms with Crippen molar-refractivity contribution in [3.63, 3.8) is 0 Å². The lowest BCUT2D eigenvalue weighted by molar-refractivity contribution is -0.122. The van der Waals surface area contributed by atoms with Gasteiger partial charge in [-0.1, -0.05) is 37.6 Å². The van der Waals surface area contributed by atoms with Crippen LogP contribution in [0.4, 0.5) is 0 Å². The van der Waals surface area contributed by atoms with Gasteiger partial charge in [-0.2, -0.15) is 0 Å². The van der Waals surface area contributed by atoms with Crippen molar-refractivity contribution in [3.8, 4) is 0 Å². The van der Waals surface area contributed by atoms with Gasteiger partial charge in [-0.05, 0) is 30.5 Å². The average molecular weight is 252 g/mol. The number of nitrogens with one attached hydrogen (secondary N) is 1. The molecule has 0 atom stereocenters. The van der Waals surface area contributed by atoms with Crippen molar-refractivity contribution in [2.24, 2.45) is 5.92 Å². The van der Waals surface area contributed by atoms with E-state index in [2.05, 4.69) is 19.2 Å². The molecule has 1 N–H and O–H groups in total. The predicted molar refractivity (Wildman–Crippen MR) is 70.2 cm³/mol. The molecule has 0 saturated heterocycles. The summed E-state index contributed by atoms with van der Waals surface area (Å²) in [5.74, 6) is 0.475. The number of amides is 1. The minimum absolute atomic E-state index is 0.0604. The summed E-state index contributed by atoms with van der Waals surface area (Å²) < 4.78 is 0. The Bertz CT molecular complexity index is 407. The third-order valence-electron chi connectivity index (χ3n) is 3.28. The quantitative estimate of drug-likeness (QED) is 0.875. The maximum Gasteiger partial charge on any atom is 0.223 e. The third-order valence-corrected chi connectivity index (χ3v) is 3.53. The van der Waals surface area contributed by atoms with E-state index in [0.717, 1.165) is 17.9 Å². The highest BCUT2D eigenvalue weighted by atomic mass is 35.5. The van der Waals surface area contributed by atoms with E-state index >= 15 is 0 Å². The van der Waals surface area contributed by atoms with Crippen molar-refractivity contribution in [2.75, 3.05) is 6.54 Å². The maximum absolute atomic E-state index is 11.6. The molecular formula is C14H18ClNO. The SMILES string of the molecule is CC(C)(CNC(=O)C1CC1)c1ccc(Cl)cc1. The molecule has 92 valence electrons. The van der Waals surface area contributed by atoms with E-state index in [4.69, 9.17) is 11.6 Å². The summed E-state index contributed by atoms with van der Waals surface area (Å²) in [6.45, 7) is 4.93. The number of carbonyl (C=O) groups excluding carboxylic acids is 1. The van der Waals surface area contributed by atoms with Gasteiger partial charge >= 0.3 is 0 Å². The molecule has 2 nitrogen and oxygen atoms in total. The molecule has 1 aromatic carbocycles.